The molecule has 1 heterocycles. The Labute approximate surface area is 81.0 Å². The highest BCUT2D eigenvalue weighted by molar-refractivity contribution is 5.00. The first-order chi connectivity index (χ1) is 6.40. The first-order valence-corrected chi connectivity index (χ1v) is 5.48. The summed E-state index contributed by atoms with van der Waals surface area (Å²) in [5.41, 5.74) is 0. The SMILES string of the molecule is CNC1CCN(C2C=CCCC2)C1. The second-order valence-electron chi connectivity index (χ2n) is 4.20. The van der Waals surface area contributed by atoms with Crippen molar-refractivity contribution in [1.29, 1.82) is 0 Å². The van der Waals surface area contributed by atoms with E-state index in [1.807, 2.05) is 0 Å². The molecule has 0 aromatic heterocycles. The second-order valence-corrected chi connectivity index (χ2v) is 4.20. The maximum atomic E-state index is 3.37. The van der Waals surface area contributed by atoms with Crippen LogP contribution >= 0.6 is 0 Å². The molecule has 2 nitrogen and oxygen atoms in total. The zero-order valence-corrected chi connectivity index (χ0v) is 8.50. The van der Waals surface area contributed by atoms with E-state index < -0.39 is 0 Å². The molecule has 0 amide bonds. The van der Waals surface area contributed by atoms with Gasteiger partial charge >= 0.3 is 0 Å². The van der Waals surface area contributed by atoms with Crippen molar-refractivity contribution in [2.24, 2.45) is 0 Å². The maximum absolute atomic E-state index is 3.37. The van der Waals surface area contributed by atoms with Crippen molar-refractivity contribution in [3.8, 4) is 0 Å². The molecule has 2 atom stereocenters. The lowest BCUT2D eigenvalue weighted by Crippen LogP contribution is -2.36. The molecule has 74 valence electrons. The van der Waals surface area contributed by atoms with Gasteiger partial charge < -0.3 is 5.32 Å². The zero-order valence-electron chi connectivity index (χ0n) is 8.50. The van der Waals surface area contributed by atoms with Gasteiger partial charge in [0.1, 0.15) is 0 Å². The fraction of sp³-hybridized carbons (Fsp3) is 0.818. The largest absolute Gasteiger partial charge is 0.316 e. The Morgan fingerprint density at radius 3 is 2.92 bits per heavy atom. The summed E-state index contributed by atoms with van der Waals surface area (Å²) in [6.45, 7) is 2.52. The van der Waals surface area contributed by atoms with Gasteiger partial charge in [-0.2, -0.15) is 0 Å². The van der Waals surface area contributed by atoms with Crippen molar-refractivity contribution in [1.82, 2.24) is 10.2 Å². The van der Waals surface area contributed by atoms with Crippen molar-refractivity contribution < 1.29 is 0 Å². The molecule has 1 aliphatic heterocycles. The van der Waals surface area contributed by atoms with Crippen molar-refractivity contribution >= 4 is 0 Å². The van der Waals surface area contributed by atoms with E-state index >= 15 is 0 Å². The number of hydrogen-bond donors (Lipinski definition) is 1. The van der Waals surface area contributed by atoms with E-state index in [2.05, 4.69) is 29.4 Å². The van der Waals surface area contributed by atoms with Crippen LogP contribution in [0, 0.1) is 0 Å². The Balaban J connectivity index is 1.87. The number of allylic oxidation sites excluding steroid dienone is 1. The van der Waals surface area contributed by atoms with E-state index in [4.69, 9.17) is 0 Å². The Hall–Kier alpha value is -0.340. The summed E-state index contributed by atoms with van der Waals surface area (Å²) in [6.07, 6.45) is 10.1. The maximum Gasteiger partial charge on any atom is 0.0278 e. The van der Waals surface area contributed by atoms with Crippen LogP contribution in [0.5, 0.6) is 0 Å². The minimum atomic E-state index is 0.732. The van der Waals surface area contributed by atoms with Crippen molar-refractivity contribution in [3.05, 3.63) is 12.2 Å². The van der Waals surface area contributed by atoms with Crippen LogP contribution in [0.3, 0.4) is 0 Å². The fourth-order valence-corrected chi connectivity index (χ4v) is 2.42. The zero-order chi connectivity index (χ0) is 9.10. The van der Waals surface area contributed by atoms with Crippen LogP contribution in [0.2, 0.25) is 0 Å². The predicted molar refractivity (Wildman–Crippen MR) is 55.8 cm³/mol. The van der Waals surface area contributed by atoms with Crippen LogP contribution in [-0.2, 0) is 0 Å². The van der Waals surface area contributed by atoms with Gasteiger partial charge in [-0.25, -0.2) is 0 Å². The first kappa shape index (κ1) is 9.22. The summed E-state index contributed by atoms with van der Waals surface area (Å²) in [6, 6.07) is 1.47. The molecule has 1 aliphatic carbocycles. The second kappa shape index (κ2) is 4.25. The molecule has 2 aliphatic rings. The van der Waals surface area contributed by atoms with Gasteiger partial charge in [-0.1, -0.05) is 12.2 Å². The Morgan fingerprint density at radius 1 is 1.38 bits per heavy atom. The lowest BCUT2D eigenvalue weighted by Gasteiger charge is -2.27. The molecule has 13 heavy (non-hydrogen) atoms. The van der Waals surface area contributed by atoms with E-state index in [0.717, 1.165) is 12.1 Å². The van der Waals surface area contributed by atoms with Crippen LogP contribution in [0.15, 0.2) is 12.2 Å². The van der Waals surface area contributed by atoms with Crippen molar-refractivity contribution in [3.63, 3.8) is 0 Å². The van der Waals surface area contributed by atoms with Gasteiger partial charge in [0.2, 0.25) is 0 Å². The van der Waals surface area contributed by atoms with E-state index in [9.17, 15) is 0 Å². The van der Waals surface area contributed by atoms with Crippen molar-refractivity contribution in [2.45, 2.75) is 37.8 Å². The molecule has 2 heteroatoms. The number of hydrogen-bond acceptors (Lipinski definition) is 2. The number of nitrogens with one attached hydrogen (secondary N) is 1. The topological polar surface area (TPSA) is 15.3 Å². The molecular formula is C11H20N2. The molecule has 1 N–H and O–H groups in total. The molecule has 0 radical (unpaired) electrons. The van der Waals surface area contributed by atoms with E-state index in [1.165, 1.54) is 38.8 Å². The average molecular weight is 180 g/mol. The average Bonchev–Trinajstić information content (AvgIpc) is 2.67. The standard InChI is InChI=1S/C11H20N2/c1-12-10-7-8-13(9-10)11-5-3-2-4-6-11/h3,5,10-12H,2,4,6-9H2,1H3. The van der Waals surface area contributed by atoms with Gasteiger partial charge in [-0.3, -0.25) is 4.90 Å². The van der Waals surface area contributed by atoms with Gasteiger partial charge in [0.05, 0.1) is 0 Å². The molecule has 1 saturated heterocycles. The minimum Gasteiger partial charge on any atom is -0.316 e. The number of rotatable bonds is 2. The van der Waals surface area contributed by atoms with Crippen LogP contribution < -0.4 is 5.32 Å². The molecule has 0 spiro atoms. The van der Waals surface area contributed by atoms with E-state index in [-0.39, 0.29) is 0 Å². The van der Waals surface area contributed by atoms with Gasteiger partial charge in [-0.05, 0) is 32.7 Å². The summed E-state index contributed by atoms with van der Waals surface area (Å²) in [7, 11) is 2.07. The van der Waals surface area contributed by atoms with E-state index in [1.54, 1.807) is 0 Å². The highest BCUT2D eigenvalue weighted by Gasteiger charge is 2.26. The summed E-state index contributed by atoms with van der Waals surface area (Å²) in [4.78, 5) is 2.62. The third-order valence-electron chi connectivity index (χ3n) is 3.33. The van der Waals surface area contributed by atoms with Crippen LogP contribution in [0.25, 0.3) is 0 Å². The normalized spacial score (nSPS) is 35.5. The highest BCUT2D eigenvalue weighted by Crippen LogP contribution is 2.20. The van der Waals surface area contributed by atoms with Gasteiger partial charge in [0, 0.05) is 25.2 Å². The summed E-state index contributed by atoms with van der Waals surface area (Å²) in [5, 5.41) is 3.37. The third-order valence-corrected chi connectivity index (χ3v) is 3.33. The molecule has 0 aromatic rings. The van der Waals surface area contributed by atoms with Crippen molar-refractivity contribution in [2.75, 3.05) is 20.1 Å². The molecule has 0 aromatic carbocycles. The fourth-order valence-electron chi connectivity index (χ4n) is 2.42. The first-order valence-electron chi connectivity index (χ1n) is 5.48. The lowest BCUT2D eigenvalue weighted by atomic mass is 10.0. The predicted octanol–water partition coefficient (Wildman–Crippen LogP) is 1.39. The molecule has 2 unspecified atom stereocenters. The van der Waals surface area contributed by atoms with Crippen LogP contribution in [0.4, 0.5) is 0 Å². The summed E-state index contributed by atoms with van der Waals surface area (Å²) < 4.78 is 0. The number of likely N-dealkylation sites (N-methyl/N-ethyl adjacent to an activating group) is 1. The Bertz CT molecular complexity index is 189. The summed E-state index contributed by atoms with van der Waals surface area (Å²) in [5.74, 6) is 0. The van der Waals surface area contributed by atoms with Gasteiger partial charge in [0.15, 0.2) is 0 Å². The smallest absolute Gasteiger partial charge is 0.0278 e. The van der Waals surface area contributed by atoms with Gasteiger partial charge in [0.25, 0.3) is 0 Å². The van der Waals surface area contributed by atoms with Gasteiger partial charge in [-0.15, -0.1) is 0 Å². The monoisotopic (exact) mass is 180 g/mol. The lowest BCUT2D eigenvalue weighted by molar-refractivity contribution is 0.257. The van der Waals surface area contributed by atoms with E-state index in [0.29, 0.717) is 0 Å². The number of nitrogens with zero attached hydrogens (tertiary/aromatic N) is 1. The molecule has 0 saturated carbocycles. The summed E-state index contributed by atoms with van der Waals surface area (Å²) >= 11 is 0. The molecule has 0 bridgehead atoms. The highest BCUT2D eigenvalue weighted by atomic mass is 15.2. The quantitative estimate of drug-likeness (QED) is 0.646. The number of likely N-dealkylation sites (tertiary alicyclic amines) is 1. The molecule has 1 fully saturated rings. The molecular weight excluding hydrogens is 160 g/mol. The Kier molecular flexibility index (Phi) is 3.01. The Morgan fingerprint density at radius 2 is 2.31 bits per heavy atom. The van der Waals surface area contributed by atoms with Crippen LogP contribution in [0.1, 0.15) is 25.7 Å². The van der Waals surface area contributed by atoms with Crippen LogP contribution in [-0.4, -0.2) is 37.1 Å². The third kappa shape index (κ3) is 2.12. The molecule has 2 rings (SSSR count). The minimum absolute atomic E-state index is 0.732.